The van der Waals surface area contributed by atoms with Crippen molar-refractivity contribution in [1.29, 1.82) is 0 Å². The van der Waals surface area contributed by atoms with Gasteiger partial charge in [0.25, 0.3) is 5.91 Å². The van der Waals surface area contributed by atoms with Crippen LogP contribution in [0.25, 0.3) is 0 Å². The van der Waals surface area contributed by atoms with E-state index < -0.39 is 15.8 Å². The lowest BCUT2D eigenvalue weighted by atomic mass is 10.0. The van der Waals surface area contributed by atoms with Gasteiger partial charge in [-0.3, -0.25) is 9.59 Å². The number of likely N-dealkylation sites (tertiary alicyclic amines) is 1. The molecule has 2 aromatic rings. The van der Waals surface area contributed by atoms with Crippen LogP contribution in [0.3, 0.4) is 0 Å². The third-order valence-corrected chi connectivity index (χ3v) is 6.45. The Morgan fingerprint density at radius 1 is 1.00 bits per heavy atom. The number of carbonyl (C=O) groups excluding carboxylic acids is 2. The minimum Gasteiger partial charge on any atom is -0.349 e. The Morgan fingerprint density at radius 3 is 2.27 bits per heavy atom. The second kappa shape index (κ2) is 9.82. The Bertz CT molecular complexity index is 973. The second-order valence-electron chi connectivity index (χ2n) is 7.10. The summed E-state index contributed by atoms with van der Waals surface area (Å²) in [6.07, 6.45) is 1.32. The molecule has 0 aromatic heterocycles. The maximum atomic E-state index is 12.9. The third kappa shape index (κ3) is 5.87. The maximum absolute atomic E-state index is 12.9. The molecule has 1 aliphatic rings. The van der Waals surface area contributed by atoms with Crippen LogP contribution >= 0.6 is 0 Å². The van der Waals surface area contributed by atoms with E-state index in [-0.39, 0.29) is 35.7 Å². The highest BCUT2D eigenvalue weighted by molar-refractivity contribution is 7.89. The van der Waals surface area contributed by atoms with Crippen molar-refractivity contribution < 1.29 is 22.4 Å². The summed E-state index contributed by atoms with van der Waals surface area (Å²) in [5, 5.41) is 2.98. The number of hydrogen-bond donors (Lipinski definition) is 2. The lowest BCUT2D eigenvalue weighted by Gasteiger charge is -2.32. The summed E-state index contributed by atoms with van der Waals surface area (Å²) < 4.78 is 39.6. The highest BCUT2D eigenvalue weighted by Crippen LogP contribution is 2.13. The average molecular weight is 434 g/mol. The van der Waals surface area contributed by atoms with Crippen molar-refractivity contribution in [3.8, 4) is 0 Å². The first-order chi connectivity index (χ1) is 14.3. The summed E-state index contributed by atoms with van der Waals surface area (Å²) in [4.78, 5) is 26.2. The quantitative estimate of drug-likeness (QED) is 0.697. The Labute approximate surface area is 175 Å². The number of nitrogens with one attached hydrogen (secondary N) is 2. The number of carbonyl (C=O) groups is 2. The van der Waals surface area contributed by atoms with Crippen LogP contribution in [-0.4, -0.2) is 50.8 Å². The number of halogens is 1. The van der Waals surface area contributed by atoms with Crippen LogP contribution < -0.4 is 10.0 Å². The predicted molar refractivity (Wildman–Crippen MR) is 110 cm³/mol. The summed E-state index contributed by atoms with van der Waals surface area (Å²) in [6.45, 7) is 0.968. The average Bonchev–Trinajstić information content (AvgIpc) is 2.75. The van der Waals surface area contributed by atoms with Gasteiger partial charge in [-0.25, -0.2) is 17.5 Å². The van der Waals surface area contributed by atoms with Crippen molar-refractivity contribution in [3.05, 3.63) is 66.0 Å². The molecular weight excluding hydrogens is 409 g/mol. The molecule has 0 spiro atoms. The third-order valence-electron chi connectivity index (χ3n) is 4.97. The van der Waals surface area contributed by atoms with Gasteiger partial charge in [-0.2, -0.15) is 0 Å². The molecule has 2 amide bonds. The first kappa shape index (κ1) is 21.9. The summed E-state index contributed by atoms with van der Waals surface area (Å²) >= 11 is 0. The van der Waals surface area contributed by atoms with Gasteiger partial charge in [0.1, 0.15) is 5.82 Å². The molecule has 0 radical (unpaired) electrons. The van der Waals surface area contributed by atoms with E-state index in [0.29, 0.717) is 31.5 Å². The highest BCUT2D eigenvalue weighted by Gasteiger charge is 2.24. The van der Waals surface area contributed by atoms with E-state index in [1.807, 2.05) is 6.07 Å². The molecule has 1 saturated heterocycles. The minimum atomic E-state index is -3.79. The van der Waals surface area contributed by atoms with Crippen LogP contribution in [0.5, 0.6) is 0 Å². The van der Waals surface area contributed by atoms with Gasteiger partial charge in [0.15, 0.2) is 0 Å². The van der Waals surface area contributed by atoms with Gasteiger partial charge in [-0.15, -0.1) is 0 Å². The van der Waals surface area contributed by atoms with Gasteiger partial charge in [0.05, 0.1) is 4.90 Å². The fraction of sp³-hybridized carbons (Fsp3) is 0.333. The van der Waals surface area contributed by atoms with E-state index >= 15 is 0 Å². The number of nitrogens with zero attached hydrogens (tertiary/aromatic N) is 1. The van der Waals surface area contributed by atoms with Crippen LogP contribution in [0.1, 0.15) is 29.6 Å². The molecule has 0 bridgehead atoms. The lowest BCUT2D eigenvalue weighted by Crippen LogP contribution is -2.47. The van der Waals surface area contributed by atoms with E-state index in [9.17, 15) is 22.4 Å². The van der Waals surface area contributed by atoms with Gasteiger partial charge in [-0.1, -0.05) is 18.2 Å². The van der Waals surface area contributed by atoms with Crippen LogP contribution in [0.4, 0.5) is 4.39 Å². The maximum Gasteiger partial charge on any atom is 0.251 e. The number of amides is 2. The fourth-order valence-corrected chi connectivity index (χ4v) is 4.31. The SMILES string of the molecule is O=C(NC1CCN(C(=O)CCNS(=O)(=O)c2ccc(F)cc2)CC1)c1ccccc1. The molecule has 160 valence electrons. The highest BCUT2D eigenvalue weighted by atomic mass is 32.2. The molecule has 0 unspecified atom stereocenters. The van der Waals surface area contributed by atoms with Crippen LogP contribution in [0, 0.1) is 5.82 Å². The normalized spacial score (nSPS) is 15.0. The molecule has 3 rings (SSSR count). The second-order valence-corrected chi connectivity index (χ2v) is 8.86. The minimum absolute atomic E-state index is 0.00117. The van der Waals surface area contributed by atoms with Gasteiger partial charge in [-0.05, 0) is 49.2 Å². The number of sulfonamides is 1. The monoisotopic (exact) mass is 433 g/mol. The zero-order valence-corrected chi connectivity index (χ0v) is 17.2. The van der Waals surface area contributed by atoms with Crippen molar-refractivity contribution in [1.82, 2.24) is 14.9 Å². The number of rotatable bonds is 7. The number of piperidine rings is 1. The molecule has 30 heavy (non-hydrogen) atoms. The van der Waals surface area contributed by atoms with Gasteiger partial charge >= 0.3 is 0 Å². The molecule has 1 fully saturated rings. The molecule has 1 heterocycles. The molecule has 9 heteroatoms. The smallest absolute Gasteiger partial charge is 0.251 e. The van der Waals surface area contributed by atoms with E-state index in [0.717, 1.165) is 12.1 Å². The first-order valence-corrected chi connectivity index (χ1v) is 11.2. The Balaban J connectivity index is 1.41. The van der Waals surface area contributed by atoms with Crippen LogP contribution in [0.2, 0.25) is 0 Å². The summed E-state index contributed by atoms with van der Waals surface area (Å²) in [6, 6.07) is 13.4. The van der Waals surface area contributed by atoms with Crippen LogP contribution in [0.15, 0.2) is 59.5 Å². The zero-order chi connectivity index (χ0) is 21.6. The Hall–Kier alpha value is -2.78. The standard InChI is InChI=1S/C21H24FN3O4S/c22-17-6-8-19(9-7-17)30(28,29)23-13-10-20(26)25-14-11-18(12-15-25)24-21(27)16-4-2-1-3-5-16/h1-9,18,23H,10-15H2,(H,24,27). The lowest BCUT2D eigenvalue weighted by molar-refractivity contribution is -0.132. The number of benzene rings is 2. The van der Waals surface area contributed by atoms with E-state index in [4.69, 9.17) is 0 Å². The van der Waals surface area contributed by atoms with Crippen LogP contribution in [-0.2, 0) is 14.8 Å². The molecular formula is C21H24FN3O4S. The van der Waals surface area contributed by atoms with Gasteiger partial charge in [0.2, 0.25) is 15.9 Å². The zero-order valence-electron chi connectivity index (χ0n) is 16.4. The van der Waals surface area contributed by atoms with Crippen molar-refractivity contribution >= 4 is 21.8 Å². The van der Waals surface area contributed by atoms with Gasteiger partial charge in [0, 0.05) is 37.7 Å². The molecule has 1 aliphatic heterocycles. The first-order valence-electron chi connectivity index (χ1n) is 9.74. The molecule has 0 aliphatic carbocycles. The Morgan fingerprint density at radius 2 is 1.63 bits per heavy atom. The molecule has 0 atom stereocenters. The molecule has 0 saturated carbocycles. The van der Waals surface area contributed by atoms with Crippen molar-refractivity contribution in [2.45, 2.75) is 30.2 Å². The summed E-state index contributed by atoms with van der Waals surface area (Å²) in [5.74, 6) is -0.798. The summed E-state index contributed by atoms with van der Waals surface area (Å²) in [5.41, 5.74) is 0.601. The fourth-order valence-electron chi connectivity index (χ4n) is 3.28. The summed E-state index contributed by atoms with van der Waals surface area (Å²) in [7, 11) is -3.79. The van der Waals surface area contributed by atoms with Crippen molar-refractivity contribution in [2.75, 3.05) is 19.6 Å². The molecule has 2 aromatic carbocycles. The Kier molecular flexibility index (Phi) is 7.17. The molecule has 7 nitrogen and oxygen atoms in total. The van der Waals surface area contributed by atoms with Crippen molar-refractivity contribution in [3.63, 3.8) is 0 Å². The largest absolute Gasteiger partial charge is 0.349 e. The van der Waals surface area contributed by atoms with E-state index in [1.165, 1.54) is 12.1 Å². The number of hydrogen-bond acceptors (Lipinski definition) is 4. The predicted octanol–water partition coefficient (Wildman–Crippen LogP) is 1.92. The van der Waals surface area contributed by atoms with Gasteiger partial charge < -0.3 is 10.2 Å². The molecule has 2 N–H and O–H groups in total. The van der Waals surface area contributed by atoms with Crippen molar-refractivity contribution in [2.24, 2.45) is 0 Å². The topological polar surface area (TPSA) is 95.6 Å². The van der Waals surface area contributed by atoms with E-state index in [1.54, 1.807) is 29.2 Å². The van der Waals surface area contributed by atoms with E-state index in [2.05, 4.69) is 10.0 Å².